The van der Waals surface area contributed by atoms with Gasteiger partial charge in [-0.15, -0.1) is 10.2 Å². The van der Waals surface area contributed by atoms with Crippen LogP contribution in [0.4, 0.5) is 0 Å². The molecule has 0 spiro atoms. The molecule has 25 heavy (non-hydrogen) atoms. The smallest absolute Gasteiger partial charge is 0.277 e. The summed E-state index contributed by atoms with van der Waals surface area (Å²) in [5, 5.41) is 11.3. The first-order valence-corrected chi connectivity index (χ1v) is 9.12. The van der Waals surface area contributed by atoms with Gasteiger partial charge in [0.25, 0.3) is 5.22 Å². The number of carbonyl (C=O) groups is 1. The Morgan fingerprint density at radius 1 is 1.00 bits per heavy atom. The van der Waals surface area contributed by atoms with E-state index in [2.05, 4.69) is 27.6 Å². The van der Waals surface area contributed by atoms with Gasteiger partial charge in [0, 0.05) is 12.1 Å². The number of thioether (sulfide) groups is 1. The monoisotopic (exact) mass is 353 g/mol. The van der Waals surface area contributed by atoms with Gasteiger partial charge in [0.1, 0.15) is 0 Å². The van der Waals surface area contributed by atoms with Crippen molar-refractivity contribution in [1.82, 2.24) is 15.5 Å². The molecular weight excluding hydrogens is 334 g/mol. The topological polar surface area (TPSA) is 68.0 Å². The van der Waals surface area contributed by atoms with E-state index in [1.807, 2.05) is 48.5 Å². The van der Waals surface area contributed by atoms with E-state index >= 15 is 0 Å². The lowest BCUT2D eigenvalue weighted by Crippen LogP contribution is -2.26. The van der Waals surface area contributed by atoms with E-state index in [1.54, 1.807) is 0 Å². The predicted molar refractivity (Wildman–Crippen MR) is 98.2 cm³/mol. The second-order valence-electron chi connectivity index (χ2n) is 5.47. The van der Waals surface area contributed by atoms with Crippen molar-refractivity contribution in [2.24, 2.45) is 0 Å². The normalized spacial score (nSPS) is 10.6. The molecule has 3 rings (SSSR count). The van der Waals surface area contributed by atoms with Gasteiger partial charge in [0.05, 0.1) is 5.75 Å². The van der Waals surface area contributed by atoms with E-state index in [4.69, 9.17) is 4.42 Å². The summed E-state index contributed by atoms with van der Waals surface area (Å²) in [6.07, 6.45) is 1.87. The first kappa shape index (κ1) is 17.2. The van der Waals surface area contributed by atoms with Gasteiger partial charge >= 0.3 is 0 Å². The molecule has 2 aromatic carbocycles. The van der Waals surface area contributed by atoms with Crippen LogP contribution in [0.1, 0.15) is 12.0 Å². The van der Waals surface area contributed by atoms with E-state index in [1.165, 1.54) is 17.3 Å². The summed E-state index contributed by atoms with van der Waals surface area (Å²) in [4.78, 5) is 11.9. The minimum absolute atomic E-state index is 0.0301. The summed E-state index contributed by atoms with van der Waals surface area (Å²) in [6, 6.07) is 19.8. The summed E-state index contributed by atoms with van der Waals surface area (Å²) < 4.78 is 5.56. The summed E-state index contributed by atoms with van der Waals surface area (Å²) in [7, 11) is 0. The maximum absolute atomic E-state index is 11.9. The number of aryl methyl sites for hydroxylation is 1. The van der Waals surface area contributed by atoms with Crippen LogP contribution in [-0.2, 0) is 11.2 Å². The summed E-state index contributed by atoms with van der Waals surface area (Å²) in [6.45, 7) is 0.660. The van der Waals surface area contributed by atoms with Crippen LogP contribution in [0.25, 0.3) is 11.5 Å². The van der Waals surface area contributed by atoms with Crippen molar-refractivity contribution in [3.8, 4) is 11.5 Å². The molecule has 0 atom stereocenters. The lowest BCUT2D eigenvalue weighted by molar-refractivity contribution is -0.118. The molecule has 0 unspecified atom stereocenters. The van der Waals surface area contributed by atoms with Gasteiger partial charge < -0.3 is 9.73 Å². The second-order valence-corrected chi connectivity index (χ2v) is 6.39. The number of aromatic nitrogens is 2. The number of benzene rings is 2. The standard InChI is InChI=1S/C19H19N3O2S/c23-17(20-13-7-10-15-8-3-1-4-9-15)14-25-19-22-21-18(24-19)16-11-5-2-6-12-16/h1-6,8-9,11-12H,7,10,13-14H2,(H,20,23). The zero-order valence-corrected chi connectivity index (χ0v) is 14.5. The van der Waals surface area contributed by atoms with Crippen molar-refractivity contribution >= 4 is 17.7 Å². The van der Waals surface area contributed by atoms with Crippen LogP contribution in [-0.4, -0.2) is 28.4 Å². The molecule has 5 nitrogen and oxygen atoms in total. The largest absolute Gasteiger partial charge is 0.411 e. The van der Waals surface area contributed by atoms with Crippen LogP contribution >= 0.6 is 11.8 Å². The molecule has 0 aliphatic rings. The number of hydrogen-bond donors (Lipinski definition) is 1. The highest BCUT2D eigenvalue weighted by Gasteiger charge is 2.10. The van der Waals surface area contributed by atoms with Gasteiger partial charge in [-0.3, -0.25) is 4.79 Å². The van der Waals surface area contributed by atoms with Crippen molar-refractivity contribution in [2.45, 2.75) is 18.1 Å². The Morgan fingerprint density at radius 2 is 1.72 bits per heavy atom. The Balaban J connectivity index is 1.37. The molecule has 0 aliphatic heterocycles. The van der Waals surface area contributed by atoms with Crippen molar-refractivity contribution in [3.05, 3.63) is 66.2 Å². The fourth-order valence-electron chi connectivity index (χ4n) is 2.31. The van der Waals surface area contributed by atoms with Crippen molar-refractivity contribution in [2.75, 3.05) is 12.3 Å². The van der Waals surface area contributed by atoms with Crippen molar-refractivity contribution in [3.63, 3.8) is 0 Å². The minimum atomic E-state index is -0.0301. The van der Waals surface area contributed by atoms with Gasteiger partial charge in [0.2, 0.25) is 11.8 Å². The SMILES string of the molecule is O=C(CSc1nnc(-c2ccccc2)o1)NCCCc1ccccc1. The van der Waals surface area contributed by atoms with Crippen LogP contribution in [0.2, 0.25) is 0 Å². The summed E-state index contributed by atoms with van der Waals surface area (Å²) in [5.74, 6) is 0.700. The minimum Gasteiger partial charge on any atom is -0.411 e. The van der Waals surface area contributed by atoms with E-state index in [0.717, 1.165) is 18.4 Å². The Kier molecular flexibility index (Phi) is 6.23. The van der Waals surface area contributed by atoms with Gasteiger partial charge in [0.15, 0.2) is 0 Å². The van der Waals surface area contributed by atoms with E-state index in [0.29, 0.717) is 17.7 Å². The molecule has 1 amide bonds. The molecule has 3 aromatic rings. The first-order chi connectivity index (χ1) is 12.3. The van der Waals surface area contributed by atoms with Gasteiger partial charge in [-0.25, -0.2) is 0 Å². The molecule has 1 heterocycles. The zero-order chi connectivity index (χ0) is 17.3. The molecule has 0 aliphatic carbocycles. The summed E-state index contributed by atoms with van der Waals surface area (Å²) >= 11 is 1.25. The Labute approximate surface area is 150 Å². The highest BCUT2D eigenvalue weighted by molar-refractivity contribution is 7.99. The lowest BCUT2D eigenvalue weighted by atomic mass is 10.1. The summed E-state index contributed by atoms with van der Waals surface area (Å²) in [5.41, 5.74) is 2.15. The van der Waals surface area contributed by atoms with Crippen LogP contribution in [0.3, 0.4) is 0 Å². The Hall–Kier alpha value is -2.60. The molecule has 1 N–H and O–H groups in total. The van der Waals surface area contributed by atoms with Crippen molar-refractivity contribution in [1.29, 1.82) is 0 Å². The Bertz CT molecular complexity index is 791. The van der Waals surface area contributed by atoms with Crippen LogP contribution in [0.5, 0.6) is 0 Å². The van der Waals surface area contributed by atoms with Gasteiger partial charge in [-0.1, -0.05) is 60.3 Å². The third-order valence-electron chi connectivity index (χ3n) is 3.56. The maximum atomic E-state index is 11.9. The molecule has 0 saturated carbocycles. The molecule has 0 saturated heterocycles. The average molecular weight is 353 g/mol. The molecule has 0 radical (unpaired) electrons. The van der Waals surface area contributed by atoms with E-state index in [-0.39, 0.29) is 11.7 Å². The molecule has 1 aromatic heterocycles. The highest BCUT2D eigenvalue weighted by atomic mass is 32.2. The van der Waals surface area contributed by atoms with Crippen LogP contribution in [0, 0.1) is 0 Å². The molecule has 0 fully saturated rings. The number of carbonyl (C=O) groups excluding carboxylic acids is 1. The fraction of sp³-hybridized carbons (Fsp3) is 0.211. The number of amides is 1. The molecular formula is C19H19N3O2S. The maximum Gasteiger partial charge on any atom is 0.277 e. The molecule has 128 valence electrons. The third kappa shape index (κ3) is 5.46. The fourth-order valence-corrected chi connectivity index (χ4v) is 2.90. The molecule has 6 heteroatoms. The quantitative estimate of drug-likeness (QED) is 0.495. The number of nitrogens with zero attached hydrogens (tertiary/aromatic N) is 2. The highest BCUT2D eigenvalue weighted by Crippen LogP contribution is 2.22. The molecule has 0 bridgehead atoms. The van der Waals surface area contributed by atoms with Gasteiger partial charge in [-0.05, 0) is 30.5 Å². The van der Waals surface area contributed by atoms with Gasteiger partial charge in [-0.2, -0.15) is 0 Å². The predicted octanol–water partition coefficient (Wildman–Crippen LogP) is 3.58. The average Bonchev–Trinajstić information content (AvgIpc) is 3.14. The first-order valence-electron chi connectivity index (χ1n) is 8.13. The lowest BCUT2D eigenvalue weighted by Gasteiger charge is -2.04. The van der Waals surface area contributed by atoms with E-state index in [9.17, 15) is 4.79 Å². The van der Waals surface area contributed by atoms with E-state index < -0.39 is 0 Å². The number of nitrogens with one attached hydrogen (secondary N) is 1. The number of hydrogen-bond acceptors (Lipinski definition) is 5. The zero-order valence-electron chi connectivity index (χ0n) is 13.7. The third-order valence-corrected chi connectivity index (χ3v) is 4.38. The van der Waals surface area contributed by atoms with Crippen LogP contribution in [0.15, 0.2) is 70.3 Å². The Morgan fingerprint density at radius 3 is 2.48 bits per heavy atom. The second kappa shape index (κ2) is 9.03. The van der Waals surface area contributed by atoms with Crippen LogP contribution < -0.4 is 5.32 Å². The number of rotatable bonds is 8. The van der Waals surface area contributed by atoms with Crippen molar-refractivity contribution < 1.29 is 9.21 Å².